The first-order chi connectivity index (χ1) is 9.63. The average molecular weight is 276 g/mol. The summed E-state index contributed by atoms with van der Waals surface area (Å²) in [5, 5.41) is 0. The van der Waals surface area contributed by atoms with Gasteiger partial charge in [-0.15, -0.1) is 0 Å². The molecule has 1 aliphatic carbocycles. The van der Waals surface area contributed by atoms with Crippen LogP contribution in [0, 0.1) is 17.7 Å². The van der Waals surface area contributed by atoms with Gasteiger partial charge in [0.05, 0.1) is 17.5 Å². The number of nitrogens with two attached hydrogens (primary N) is 1. The van der Waals surface area contributed by atoms with Crippen molar-refractivity contribution in [2.75, 3.05) is 4.90 Å². The van der Waals surface area contributed by atoms with Crippen molar-refractivity contribution >= 4 is 17.5 Å². The van der Waals surface area contributed by atoms with Crippen LogP contribution in [0.3, 0.4) is 0 Å². The SMILES string of the molecule is NCc1cc(N2C(=O)C3CCCCC3C2=O)ccc1F. The van der Waals surface area contributed by atoms with E-state index in [0.29, 0.717) is 11.3 Å². The van der Waals surface area contributed by atoms with Crippen LogP contribution in [0.2, 0.25) is 0 Å². The molecule has 0 radical (unpaired) electrons. The van der Waals surface area contributed by atoms with Gasteiger partial charge in [0.1, 0.15) is 5.82 Å². The third-order valence-electron chi connectivity index (χ3n) is 4.35. The van der Waals surface area contributed by atoms with Crippen LogP contribution in [0.1, 0.15) is 31.2 Å². The predicted octanol–water partition coefficient (Wildman–Crippen LogP) is 1.96. The minimum Gasteiger partial charge on any atom is -0.326 e. The minimum atomic E-state index is -0.409. The molecule has 0 spiro atoms. The number of fused-ring (bicyclic) bond motifs is 1. The number of carbonyl (C=O) groups is 2. The Balaban J connectivity index is 1.97. The second-order valence-electron chi connectivity index (χ2n) is 5.49. The maximum absolute atomic E-state index is 13.5. The highest BCUT2D eigenvalue weighted by molar-refractivity contribution is 6.22. The van der Waals surface area contributed by atoms with E-state index in [-0.39, 0.29) is 30.2 Å². The first-order valence-electron chi connectivity index (χ1n) is 7.00. The van der Waals surface area contributed by atoms with Gasteiger partial charge in [-0.1, -0.05) is 12.8 Å². The molecular formula is C15H17FN2O2. The van der Waals surface area contributed by atoms with Crippen LogP contribution in [0.5, 0.6) is 0 Å². The van der Waals surface area contributed by atoms with Crippen molar-refractivity contribution in [2.45, 2.75) is 32.2 Å². The van der Waals surface area contributed by atoms with Crippen LogP contribution in [-0.4, -0.2) is 11.8 Å². The van der Waals surface area contributed by atoms with E-state index in [4.69, 9.17) is 5.73 Å². The molecule has 1 aromatic carbocycles. The van der Waals surface area contributed by atoms with E-state index in [1.807, 2.05) is 0 Å². The second-order valence-corrected chi connectivity index (χ2v) is 5.49. The molecule has 0 bridgehead atoms. The fraction of sp³-hybridized carbons (Fsp3) is 0.467. The van der Waals surface area contributed by atoms with Gasteiger partial charge in [-0.05, 0) is 31.0 Å². The third kappa shape index (κ3) is 1.93. The zero-order valence-electron chi connectivity index (χ0n) is 11.1. The normalized spacial score (nSPS) is 26.0. The molecule has 2 amide bonds. The summed E-state index contributed by atoms with van der Waals surface area (Å²) >= 11 is 0. The van der Waals surface area contributed by atoms with E-state index >= 15 is 0 Å². The summed E-state index contributed by atoms with van der Waals surface area (Å²) in [5.41, 5.74) is 6.23. The molecule has 3 rings (SSSR count). The molecule has 1 saturated carbocycles. The largest absolute Gasteiger partial charge is 0.326 e. The second kappa shape index (κ2) is 4.98. The van der Waals surface area contributed by atoms with Gasteiger partial charge in [-0.2, -0.15) is 0 Å². The highest BCUT2D eigenvalue weighted by atomic mass is 19.1. The number of halogens is 1. The molecule has 2 fully saturated rings. The molecule has 2 unspecified atom stereocenters. The lowest BCUT2D eigenvalue weighted by Crippen LogP contribution is -2.31. The van der Waals surface area contributed by atoms with Gasteiger partial charge in [0, 0.05) is 12.1 Å². The maximum atomic E-state index is 13.5. The van der Waals surface area contributed by atoms with Crippen LogP contribution in [0.25, 0.3) is 0 Å². The Morgan fingerprint density at radius 3 is 2.30 bits per heavy atom. The quantitative estimate of drug-likeness (QED) is 0.840. The summed E-state index contributed by atoms with van der Waals surface area (Å²) in [5.74, 6) is -1.08. The molecule has 1 heterocycles. The summed E-state index contributed by atoms with van der Waals surface area (Å²) in [7, 11) is 0. The van der Waals surface area contributed by atoms with Gasteiger partial charge in [0.25, 0.3) is 0 Å². The highest BCUT2D eigenvalue weighted by Crippen LogP contribution is 2.40. The lowest BCUT2D eigenvalue weighted by atomic mass is 9.81. The topological polar surface area (TPSA) is 63.4 Å². The monoisotopic (exact) mass is 276 g/mol. The van der Waals surface area contributed by atoms with Gasteiger partial charge in [0.2, 0.25) is 11.8 Å². The van der Waals surface area contributed by atoms with Crippen molar-refractivity contribution in [3.8, 4) is 0 Å². The fourth-order valence-electron chi connectivity index (χ4n) is 3.27. The van der Waals surface area contributed by atoms with Crippen LogP contribution >= 0.6 is 0 Å². The van der Waals surface area contributed by atoms with Gasteiger partial charge in [-0.25, -0.2) is 4.39 Å². The van der Waals surface area contributed by atoms with Crippen molar-refractivity contribution in [1.29, 1.82) is 0 Å². The number of nitrogens with zero attached hydrogens (tertiary/aromatic N) is 1. The first kappa shape index (κ1) is 13.2. The van der Waals surface area contributed by atoms with Crippen molar-refractivity contribution < 1.29 is 14.0 Å². The van der Waals surface area contributed by atoms with Crippen molar-refractivity contribution in [2.24, 2.45) is 17.6 Å². The lowest BCUT2D eigenvalue weighted by molar-refractivity contribution is -0.122. The average Bonchev–Trinajstić information content (AvgIpc) is 2.72. The van der Waals surface area contributed by atoms with E-state index < -0.39 is 5.82 Å². The molecule has 2 atom stereocenters. The minimum absolute atomic E-state index is 0.0444. The Labute approximate surface area is 116 Å². The van der Waals surface area contributed by atoms with E-state index in [2.05, 4.69) is 0 Å². The first-order valence-corrected chi connectivity index (χ1v) is 7.00. The number of rotatable bonds is 2. The number of amides is 2. The van der Waals surface area contributed by atoms with E-state index in [9.17, 15) is 14.0 Å². The summed E-state index contributed by atoms with van der Waals surface area (Å²) in [6, 6.07) is 4.24. The van der Waals surface area contributed by atoms with Gasteiger partial charge in [-0.3, -0.25) is 14.5 Å². The Morgan fingerprint density at radius 1 is 1.15 bits per heavy atom. The Kier molecular flexibility index (Phi) is 3.30. The molecule has 4 nitrogen and oxygen atoms in total. The molecule has 2 N–H and O–H groups in total. The summed E-state index contributed by atoms with van der Waals surface area (Å²) in [6.07, 6.45) is 3.53. The van der Waals surface area contributed by atoms with Gasteiger partial charge < -0.3 is 5.73 Å². The zero-order chi connectivity index (χ0) is 14.3. The summed E-state index contributed by atoms with van der Waals surface area (Å²) < 4.78 is 13.5. The molecule has 1 aliphatic heterocycles. The predicted molar refractivity (Wildman–Crippen MR) is 72.2 cm³/mol. The maximum Gasteiger partial charge on any atom is 0.237 e. The van der Waals surface area contributed by atoms with Crippen molar-refractivity contribution in [3.63, 3.8) is 0 Å². The van der Waals surface area contributed by atoms with E-state index in [1.54, 1.807) is 0 Å². The van der Waals surface area contributed by atoms with Gasteiger partial charge in [0.15, 0.2) is 0 Å². The van der Waals surface area contributed by atoms with Crippen LogP contribution in [-0.2, 0) is 16.1 Å². The Hall–Kier alpha value is -1.75. The smallest absolute Gasteiger partial charge is 0.237 e. The Bertz CT molecular complexity index is 549. The Morgan fingerprint density at radius 2 is 1.75 bits per heavy atom. The lowest BCUT2D eigenvalue weighted by Gasteiger charge is -2.19. The van der Waals surface area contributed by atoms with Crippen molar-refractivity contribution in [1.82, 2.24) is 0 Å². The van der Waals surface area contributed by atoms with Gasteiger partial charge >= 0.3 is 0 Å². The van der Waals surface area contributed by atoms with E-state index in [1.165, 1.54) is 23.1 Å². The third-order valence-corrected chi connectivity index (χ3v) is 4.35. The fourth-order valence-corrected chi connectivity index (χ4v) is 3.27. The summed E-state index contributed by atoms with van der Waals surface area (Å²) in [6.45, 7) is 0.0444. The molecule has 2 aliphatic rings. The molecular weight excluding hydrogens is 259 g/mol. The zero-order valence-corrected chi connectivity index (χ0v) is 11.1. The van der Waals surface area contributed by atoms with E-state index in [0.717, 1.165) is 25.7 Å². The standard InChI is InChI=1S/C15H17FN2O2/c16-13-6-5-10(7-9(13)8-17)18-14(19)11-3-1-2-4-12(11)15(18)20/h5-7,11-12H,1-4,8,17H2. The number of benzene rings is 1. The molecule has 106 valence electrons. The molecule has 1 saturated heterocycles. The molecule has 1 aromatic rings. The van der Waals surface area contributed by atoms with Crippen LogP contribution in [0.4, 0.5) is 10.1 Å². The molecule has 5 heteroatoms. The highest BCUT2D eigenvalue weighted by Gasteiger charge is 2.48. The molecule has 0 aromatic heterocycles. The number of carbonyl (C=O) groups excluding carboxylic acids is 2. The van der Waals surface area contributed by atoms with Crippen molar-refractivity contribution in [3.05, 3.63) is 29.6 Å². The number of imide groups is 1. The van der Waals surface area contributed by atoms with Crippen LogP contribution < -0.4 is 10.6 Å². The van der Waals surface area contributed by atoms with Crippen LogP contribution in [0.15, 0.2) is 18.2 Å². The summed E-state index contributed by atoms with van der Waals surface area (Å²) in [4.78, 5) is 26.1. The molecule has 20 heavy (non-hydrogen) atoms. The number of hydrogen-bond acceptors (Lipinski definition) is 3. The number of anilines is 1. The number of hydrogen-bond donors (Lipinski definition) is 1.